The van der Waals surface area contributed by atoms with Gasteiger partial charge in [-0.3, -0.25) is 0 Å². The first-order valence-corrected chi connectivity index (χ1v) is 6.18. The summed E-state index contributed by atoms with van der Waals surface area (Å²) in [4.78, 5) is 4.28. The molecule has 98 valence electrons. The molecule has 0 aliphatic heterocycles. The average Bonchev–Trinajstić information content (AvgIpc) is 2.61. The molecular weight excluding hydrogens is 216 g/mol. The van der Waals surface area contributed by atoms with Crippen molar-refractivity contribution in [3.63, 3.8) is 0 Å². The van der Waals surface area contributed by atoms with Gasteiger partial charge in [0.15, 0.2) is 0 Å². The van der Waals surface area contributed by atoms with Gasteiger partial charge in [0.1, 0.15) is 12.2 Å². The molecule has 17 heavy (non-hydrogen) atoms. The molecule has 1 aromatic heterocycles. The number of hydrogen-bond acceptors (Lipinski definition) is 4. The molecule has 0 aliphatic rings. The second-order valence-electron chi connectivity index (χ2n) is 5.22. The van der Waals surface area contributed by atoms with E-state index in [-0.39, 0.29) is 0 Å². The SMILES string of the molecule is CCOCC(C)(N)Cc1ncnn1CC(C)C. The number of hydrogen-bond donors (Lipinski definition) is 1. The van der Waals surface area contributed by atoms with Crippen LogP contribution in [0, 0.1) is 5.92 Å². The van der Waals surface area contributed by atoms with Gasteiger partial charge in [0.25, 0.3) is 0 Å². The van der Waals surface area contributed by atoms with E-state index in [0.29, 0.717) is 25.6 Å². The Morgan fingerprint density at radius 2 is 2.24 bits per heavy atom. The minimum absolute atomic E-state index is 0.391. The van der Waals surface area contributed by atoms with E-state index in [2.05, 4.69) is 23.9 Å². The normalized spacial score (nSPS) is 15.2. The van der Waals surface area contributed by atoms with Gasteiger partial charge in [0.05, 0.1) is 6.61 Å². The van der Waals surface area contributed by atoms with Gasteiger partial charge in [0, 0.05) is 25.1 Å². The fraction of sp³-hybridized carbons (Fsp3) is 0.833. The van der Waals surface area contributed by atoms with Crippen LogP contribution in [0.15, 0.2) is 6.33 Å². The molecule has 0 fully saturated rings. The number of nitrogens with two attached hydrogens (primary N) is 1. The molecule has 0 aliphatic carbocycles. The molecule has 0 saturated carbocycles. The molecule has 0 spiro atoms. The Morgan fingerprint density at radius 1 is 1.53 bits per heavy atom. The maximum atomic E-state index is 6.19. The molecule has 1 rings (SSSR count). The molecule has 0 saturated heterocycles. The molecule has 2 N–H and O–H groups in total. The molecule has 5 nitrogen and oxygen atoms in total. The van der Waals surface area contributed by atoms with E-state index in [1.165, 1.54) is 0 Å². The molecule has 1 heterocycles. The summed E-state index contributed by atoms with van der Waals surface area (Å²) in [6, 6.07) is 0. The fourth-order valence-electron chi connectivity index (χ4n) is 1.67. The fourth-order valence-corrected chi connectivity index (χ4v) is 1.67. The second-order valence-corrected chi connectivity index (χ2v) is 5.22. The van der Waals surface area contributed by atoms with Crippen molar-refractivity contribution in [1.29, 1.82) is 0 Å². The predicted molar refractivity (Wildman–Crippen MR) is 67.6 cm³/mol. The molecule has 1 unspecified atom stereocenters. The van der Waals surface area contributed by atoms with E-state index < -0.39 is 5.54 Å². The lowest BCUT2D eigenvalue weighted by atomic mass is 10.00. The van der Waals surface area contributed by atoms with E-state index in [1.54, 1.807) is 6.33 Å². The van der Waals surface area contributed by atoms with E-state index >= 15 is 0 Å². The smallest absolute Gasteiger partial charge is 0.138 e. The third kappa shape index (κ3) is 4.83. The Bertz CT molecular complexity index is 333. The zero-order valence-corrected chi connectivity index (χ0v) is 11.3. The summed E-state index contributed by atoms with van der Waals surface area (Å²) in [6.07, 6.45) is 2.27. The Morgan fingerprint density at radius 3 is 2.82 bits per heavy atom. The number of ether oxygens (including phenoxy) is 1. The van der Waals surface area contributed by atoms with Crippen molar-refractivity contribution in [3.05, 3.63) is 12.2 Å². The Labute approximate surface area is 103 Å². The summed E-state index contributed by atoms with van der Waals surface area (Å²) in [6.45, 7) is 10.4. The summed E-state index contributed by atoms with van der Waals surface area (Å²) in [5.41, 5.74) is 5.80. The van der Waals surface area contributed by atoms with E-state index in [9.17, 15) is 0 Å². The highest BCUT2D eigenvalue weighted by Gasteiger charge is 2.22. The topological polar surface area (TPSA) is 66.0 Å². The van der Waals surface area contributed by atoms with Gasteiger partial charge < -0.3 is 10.5 Å². The first kappa shape index (κ1) is 14.1. The third-order valence-electron chi connectivity index (χ3n) is 2.43. The molecule has 0 bridgehead atoms. The molecule has 1 atom stereocenters. The largest absolute Gasteiger partial charge is 0.380 e. The van der Waals surface area contributed by atoms with Crippen LogP contribution >= 0.6 is 0 Å². The van der Waals surface area contributed by atoms with Crippen LogP contribution in [-0.2, 0) is 17.7 Å². The van der Waals surface area contributed by atoms with E-state index in [0.717, 1.165) is 12.4 Å². The summed E-state index contributed by atoms with van der Waals surface area (Å²) in [5.74, 6) is 1.48. The average molecular weight is 240 g/mol. The second kappa shape index (κ2) is 6.12. The summed E-state index contributed by atoms with van der Waals surface area (Å²) in [5, 5.41) is 4.23. The summed E-state index contributed by atoms with van der Waals surface area (Å²) < 4.78 is 7.32. The summed E-state index contributed by atoms with van der Waals surface area (Å²) >= 11 is 0. The molecular formula is C12H24N4O. The van der Waals surface area contributed by atoms with Crippen molar-refractivity contribution in [1.82, 2.24) is 14.8 Å². The molecule has 1 aromatic rings. The highest BCUT2D eigenvalue weighted by atomic mass is 16.5. The third-order valence-corrected chi connectivity index (χ3v) is 2.43. The maximum absolute atomic E-state index is 6.19. The molecule has 0 radical (unpaired) electrons. The van der Waals surface area contributed by atoms with Crippen LogP contribution in [0.5, 0.6) is 0 Å². The van der Waals surface area contributed by atoms with Crippen molar-refractivity contribution >= 4 is 0 Å². The number of aromatic nitrogens is 3. The minimum atomic E-state index is -0.391. The van der Waals surface area contributed by atoms with E-state index in [1.807, 2.05) is 18.5 Å². The van der Waals surface area contributed by atoms with Gasteiger partial charge in [0.2, 0.25) is 0 Å². The highest BCUT2D eigenvalue weighted by molar-refractivity contribution is 4.95. The lowest BCUT2D eigenvalue weighted by Crippen LogP contribution is -2.44. The van der Waals surface area contributed by atoms with Gasteiger partial charge >= 0.3 is 0 Å². The maximum Gasteiger partial charge on any atom is 0.138 e. The molecule has 5 heteroatoms. The van der Waals surface area contributed by atoms with Gasteiger partial charge in [-0.15, -0.1) is 0 Å². The zero-order chi connectivity index (χ0) is 12.9. The zero-order valence-electron chi connectivity index (χ0n) is 11.3. The van der Waals surface area contributed by atoms with Crippen molar-refractivity contribution < 1.29 is 4.74 Å². The summed E-state index contributed by atoms with van der Waals surface area (Å²) in [7, 11) is 0. The van der Waals surface area contributed by atoms with Gasteiger partial charge in [-0.25, -0.2) is 9.67 Å². The lowest BCUT2D eigenvalue weighted by molar-refractivity contribution is 0.0999. The van der Waals surface area contributed by atoms with Gasteiger partial charge in [-0.2, -0.15) is 5.10 Å². The van der Waals surface area contributed by atoms with Crippen molar-refractivity contribution in [2.45, 2.75) is 46.2 Å². The minimum Gasteiger partial charge on any atom is -0.380 e. The van der Waals surface area contributed by atoms with Crippen LogP contribution in [0.2, 0.25) is 0 Å². The van der Waals surface area contributed by atoms with Crippen LogP contribution in [0.4, 0.5) is 0 Å². The molecule has 0 amide bonds. The van der Waals surface area contributed by atoms with Gasteiger partial charge in [-0.1, -0.05) is 13.8 Å². The van der Waals surface area contributed by atoms with Crippen LogP contribution in [0.1, 0.15) is 33.5 Å². The van der Waals surface area contributed by atoms with Crippen molar-refractivity contribution in [2.24, 2.45) is 11.7 Å². The number of nitrogens with zero attached hydrogens (tertiary/aromatic N) is 3. The van der Waals surface area contributed by atoms with Crippen LogP contribution in [0.3, 0.4) is 0 Å². The Hall–Kier alpha value is -0.940. The first-order valence-electron chi connectivity index (χ1n) is 6.18. The first-order chi connectivity index (χ1) is 7.94. The highest BCUT2D eigenvalue weighted by Crippen LogP contribution is 2.10. The van der Waals surface area contributed by atoms with Crippen molar-refractivity contribution in [3.8, 4) is 0 Å². The van der Waals surface area contributed by atoms with Crippen LogP contribution in [0.25, 0.3) is 0 Å². The molecule has 0 aromatic carbocycles. The van der Waals surface area contributed by atoms with Crippen LogP contribution < -0.4 is 5.73 Å². The van der Waals surface area contributed by atoms with Gasteiger partial charge in [-0.05, 0) is 19.8 Å². The standard InChI is InChI=1S/C12H24N4O/c1-5-17-8-12(4,13)6-11-14-9-15-16(11)7-10(2)3/h9-10H,5-8,13H2,1-4H3. The number of rotatable bonds is 7. The Kier molecular flexibility index (Phi) is 5.08. The predicted octanol–water partition coefficient (Wildman–Crippen LogP) is 1.23. The monoisotopic (exact) mass is 240 g/mol. The van der Waals surface area contributed by atoms with Crippen molar-refractivity contribution in [2.75, 3.05) is 13.2 Å². The van der Waals surface area contributed by atoms with Crippen LogP contribution in [-0.4, -0.2) is 33.5 Å². The lowest BCUT2D eigenvalue weighted by Gasteiger charge is -2.24. The quantitative estimate of drug-likeness (QED) is 0.778. The van der Waals surface area contributed by atoms with E-state index in [4.69, 9.17) is 10.5 Å². The Balaban J connectivity index is 2.64.